The predicted octanol–water partition coefficient (Wildman–Crippen LogP) is 3.01. The van der Waals surface area contributed by atoms with Gasteiger partial charge in [0.2, 0.25) is 0 Å². The number of nitrogen functional groups attached to an aromatic ring is 1. The van der Waals surface area contributed by atoms with Crippen LogP contribution in [0, 0.1) is 0 Å². The molecule has 0 radical (unpaired) electrons. The van der Waals surface area contributed by atoms with Crippen molar-refractivity contribution in [3.8, 4) is 0 Å². The van der Waals surface area contributed by atoms with Gasteiger partial charge >= 0.3 is 0 Å². The molecule has 6 nitrogen and oxygen atoms in total. The fourth-order valence-electron chi connectivity index (χ4n) is 1.74. The Morgan fingerprint density at radius 1 is 1.29 bits per heavy atom. The van der Waals surface area contributed by atoms with Crippen molar-refractivity contribution in [3.05, 3.63) is 0 Å². The van der Waals surface area contributed by atoms with Crippen molar-refractivity contribution in [2.45, 2.75) is 31.3 Å². The Morgan fingerprint density at radius 3 is 2.90 bits per heavy atom. The van der Waals surface area contributed by atoms with Gasteiger partial charge in [0.1, 0.15) is 10.5 Å². The highest BCUT2D eigenvalue weighted by Gasteiger charge is 2.11. The summed E-state index contributed by atoms with van der Waals surface area (Å²) in [5, 5.41) is 4.71. The SMILES string of the molecule is CCCCCSc1nc(N)c2sc(NCCOC)nc2n1. The van der Waals surface area contributed by atoms with Gasteiger partial charge in [0.15, 0.2) is 15.9 Å². The number of nitrogens with two attached hydrogens (primary N) is 1. The molecule has 0 unspecified atom stereocenters. The maximum atomic E-state index is 6.01. The largest absolute Gasteiger partial charge is 0.383 e. The number of hydrogen-bond acceptors (Lipinski definition) is 8. The summed E-state index contributed by atoms with van der Waals surface area (Å²) < 4.78 is 5.84. The molecular formula is C13H21N5OS2. The molecule has 0 aromatic carbocycles. The van der Waals surface area contributed by atoms with Crippen LogP contribution in [0.5, 0.6) is 0 Å². The lowest BCUT2D eigenvalue weighted by Crippen LogP contribution is -2.06. The van der Waals surface area contributed by atoms with Gasteiger partial charge in [-0.2, -0.15) is 4.98 Å². The van der Waals surface area contributed by atoms with Crippen LogP contribution < -0.4 is 11.1 Å². The van der Waals surface area contributed by atoms with E-state index in [-0.39, 0.29) is 0 Å². The van der Waals surface area contributed by atoms with E-state index >= 15 is 0 Å². The number of nitrogens with one attached hydrogen (secondary N) is 1. The van der Waals surface area contributed by atoms with Crippen LogP contribution >= 0.6 is 23.1 Å². The minimum absolute atomic E-state index is 0.510. The van der Waals surface area contributed by atoms with Crippen molar-refractivity contribution in [3.63, 3.8) is 0 Å². The molecule has 2 aromatic rings. The Labute approximate surface area is 132 Å². The van der Waals surface area contributed by atoms with Gasteiger partial charge in [-0.3, -0.25) is 0 Å². The average Bonchev–Trinajstić information content (AvgIpc) is 2.87. The van der Waals surface area contributed by atoms with Crippen LogP contribution in [-0.4, -0.2) is 41.0 Å². The first-order valence-corrected chi connectivity index (χ1v) is 8.84. The van der Waals surface area contributed by atoms with E-state index < -0.39 is 0 Å². The standard InChI is InChI=1S/C13H21N5OS2/c1-3-4-5-8-20-13-16-10(14)9-11(18-13)17-12(21-9)15-6-7-19-2/h3-8H2,1-2H3,(H3,14,15,16,17,18). The van der Waals surface area contributed by atoms with E-state index in [2.05, 4.69) is 27.2 Å². The van der Waals surface area contributed by atoms with Gasteiger partial charge in [-0.15, -0.1) is 0 Å². The summed E-state index contributed by atoms with van der Waals surface area (Å²) in [5.74, 6) is 1.53. The Hall–Kier alpha value is -1.12. The normalized spacial score (nSPS) is 11.1. The summed E-state index contributed by atoms with van der Waals surface area (Å²) >= 11 is 3.12. The predicted molar refractivity (Wildman–Crippen MR) is 90.2 cm³/mol. The maximum Gasteiger partial charge on any atom is 0.191 e. The number of nitrogens with zero attached hydrogens (tertiary/aromatic N) is 3. The number of unbranched alkanes of at least 4 members (excludes halogenated alkanes) is 2. The lowest BCUT2D eigenvalue weighted by Gasteiger charge is -2.00. The fourth-order valence-corrected chi connectivity index (χ4v) is 3.42. The molecule has 0 aliphatic heterocycles. The molecule has 0 atom stereocenters. The zero-order valence-corrected chi connectivity index (χ0v) is 14.0. The second-order valence-electron chi connectivity index (χ2n) is 4.54. The van der Waals surface area contributed by atoms with Crippen LogP contribution in [0.1, 0.15) is 26.2 Å². The van der Waals surface area contributed by atoms with Gasteiger partial charge in [0, 0.05) is 19.4 Å². The second kappa shape index (κ2) is 8.35. The van der Waals surface area contributed by atoms with Crippen LogP contribution in [-0.2, 0) is 4.74 Å². The number of methoxy groups -OCH3 is 1. The molecule has 116 valence electrons. The topological polar surface area (TPSA) is 86.0 Å². The molecule has 0 saturated carbocycles. The van der Waals surface area contributed by atoms with Gasteiger partial charge in [-0.25, -0.2) is 9.97 Å². The van der Waals surface area contributed by atoms with Crippen molar-refractivity contribution >= 4 is 44.4 Å². The number of thioether (sulfide) groups is 1. The molecule has 21 heavy (non-hydrogen) atoms. The third kappa shape index (κ3) is 4.69. The fraction of sp³-hybridized carbons (Fsp3) is 0.615. The zero-order chi connectivity index (χ0) is 15.1. The van der Waals surface area contributed by atoms with Gasteiger partial charge in [0.05, 0.1) is 6.61 Å². The van der Waals surface area contributed by atoms with Crippen molar-refractivity contribution < 1.29 is 4.74 Å². The zero-order valence-electron chi connectivity index (χ0n) is 12.4. The first-order chi connectivity index (χ1) is 10.2. The number of fused-ring (bicyclic) bond motifs is 1. The van der Waals surface area contributed by atoms with E-state index in [0.717, 1.165) is 15.6 Å². The highest BCUT2D eigenvalue weighted by atomic mass is 32.2. The summed E-state index contributed by atoms with van der Waals surface area (Å²) in [7, 11) is 1.67. The smallest absolute Gasteiger partial charge is 0.191 e. The van der Waals surface area contributed by atoms with E-state index in [4.69, 9.17) is 10.5 Å². The van der Waals surface area contributed by atoms with Gasteiger partial charge in [0.25, 0.3) is 0 Å². The highest BCUT2D eigenvalue weighted by molar-refractivity contribution is 7.99. The molecule has 0 bridgehead atoms. The molecule has 2 heterocycles. The third-order valence-corrected chi connectivity index (χ3v) is 4.78. The Bertz CT molecular complexity index is 575. The summed E-state index contributed by atoms with van der Waals surface area (Å²) in [5.41, 5.74) is 6.68. The Morgan fingerprint density at radius 2 is 2.14 bits per heavy atom. The first-order valence-electron chi connectivity index (χ1n) is 7.04. The highest BCUT2D eigenvalue weighted by Crippen LogP contribution is 2.30. The van der Waals surface area contributed by atoms with E-state index in [9.17, 15) is 0 Å². The summed E-state index contributed by atoms with van der Waals surface area (Å²) in [6, 6.07) is 0. The molecule has 0 spiro atoms. The molecular weight excluding hydrogens is 306 g/mol. The van der Waals surface area contributed by atoms with Crippen molar-refractivity contribution in [2.75, 3.05) is 37.1 Å². The third-order valence-electron chi connectivity index (χ3n) is 2.82. The molecule has 0 saturated heterocycles. The molecule has 2 aromatic heterocycles. The number of hydrogen-bond donors (Lipinski definition) is 2. The molecule has 0 fully saturated rings. The van der Waals surface area contributed by atoms with Crippen molar-refractivity contribution in [1.29, 1.82) is 0 Å². The minimum Gasteiger partial charge on any atom is -0.383 e. The molecule has 0 amide bonds. The van der Waals surface area contributed by atoms with Crippen LogP contribution in [0.4, 0.5) is 10.9 Å². The molecule has 0 aliphatic carbocycles. The van der Waals surface area contributed by atoms with Crippen LogP contribution in [0.2, 0.25) is 0 Å². The van der Waals surface area contributed by atoms with Crippen LogP contribution in [0.25, 0.3) is 10.3 Å². The summed E-state index contributed by atoms with van der Waals surface area (Å²) in [6.45, 7) is 3.54. The number of ether oxygens (including phenoxy) is 1. The second-order valence-corrected chi connectivity index (χ2v) is 6.60. The van der Waals surface area contributed by atoms with Gasteiger partial charge in [-0.05, 0) is 6.42 Å². The number of aromatic nitrogens is 3. The van der Waals surface area contributed by atoms with Gasteiger partial charge in [-0.1, -0.05) is 42.9 Å². The minimum atomic E-state index is 0.510. The number of rotatable bonds is 9. The maximum absolute atomic E-state index is 6.01. The van der Waals surface area contributed by atoms with Crippen LogP contribution in [0.15, 0.2) is 5.16 Å². The monoisotopic (exact) mass is 327 g/mol. The van der Waals surface area contributed by atoms with E-state index in [1.54, 1.807) is 18.9 Å². The number of thiazole rings is 1. The van der Waals surface area contributed by atoms with E-state index in [0.29, 0.717) is 29.8 Å². The van der Waals surface area contributed by atoms with Gasteiger partial charge < -0.3 is 15.8 Å². The molecule has 0 aliphatic rings. The van der Waals surface area contributed by atoms with Crippen molar-refractivity contribution in [1.82, 2.24) is 15.0 Å². The van der Waals surface area contributed by atoms with E-state index in [1.807, 2.05) is 0 Å². The van der Waals surface area contributed by atoms with Crippen LogP contribution in [0.3, 0.4) is 0 Å². The average molecular weight is 327 g/mol. The first kappa shape index (κ1) is 16.3. The summed E-state index contributed by atoms with van der Waals surface area (Å²) in [6.07, 6.45) is 3.61. The van der Waals surface area contributed by atoms with E-state index in [1.165, 1.54) is 30.6 Å². The lowest BCUT2D eigenvalue weighted by molar-refractivity contribution is 0.211. The Kier molecular flexibility index (Phi) is 6.47. The lowest BCUT2D eigenvalue weighted by atomic mass is 10.3. The summed E-state index contributed by atoms with van der Waals surface area (Å²) in [4.78, 5) is 13.3. The Balaban J connectivity index is 2.05. The molecule has 8 heteroatoms. The quantitative estimate of drug-likeness (QED) is 0.416. The number of anilines is 2. The molecule has 2 rings (SSSR count). The van der Waals surface area contributed by atoms with Crippen molar-refractivity contribution in [2.24, 2.45) is 0 Å². The molecule has 3 N–H and O–H groups in total.